The van der Waals surface area contributed by atoms with Crippen LogP contribution < -0.4 is 11.6 Å². The molecule has 3 nitrogen and oxygen atoms in total. The van der Waals surface area contributed by atoms with Gasteiger partial charge in [0.05, 0.1) is 0 Å². The number of hydrogen-bond donors (Lipinski definition) is 2. The molecule has 0 amide bonds. The summed E-state index contributed by atoms with van der Waals surface area (Å²) in [5, 5.41) is 3.66. The minimum Gasteiger partial charge on any atom is -0.377 e. The summed E-state index contributed by atoms with van der Waals surface area (Å²) in [6.07, 6.45) is 0. The van der Waals surface area contributed by atoms with Gasteiger partial charge in [0.25, 0.3) is 0 Å². The average Bonchev–Trinajstić information content (AvgIpc) is 2.16. The molecule has 0 saturated heterocycles. The number of rotatable bonds is 2. The van der Waals surface area contributed by atoms with Gasteiger partial charge in [-0.25, -0.2) is 4.39 Å². The Kier molecular flexibility index (Phi) is 3.76. The second-order valence-electron chi connectivity index (χ2n) is 2.83. The quantitative estimate of drug-likeness (QED) is 0.339. The minimum atomic E-state index is -0.225. The van der Waals surface area contributed by atoms with Crippen molar-refractivity contribution in [1.29, 1.82) is 0 Å². The van der Waals surface area contributed by atoms with Gasteiger partial charge in [-0.15, -0.1) is 0 Å². The molecule has 0 unspecified atom stereocenters. The van der Waals surface area contributed by atoms with E-state index in [1.54, 1.807) is 6.07 Å². The molecule has 0 atom stereocenters. The molecule has 0 spiro atoms. The van der Waals surface area contributed by atoms with E-state index >= 15 is 0 Å². The maximum atomic E-state index is 12.7. The lowest BCUT2D eigenvalue weighted by Crippen LogP contribution is -2.09. The molecule has 0 aliphatic rings. The van der Waals surface area contributed by atoms with E-state index in [9.17, 15) is 4.39 Å². The number of halogens is 1. The van der Waals surface area contributed by atoms with Gasteiger partial charge in [-0.2, -0.15) is 5.10 Å². The van der Waals surface area contributed by atoms with Gasteiger partial charge < -0.3 is 11.6 Å². The van der Waals surface area contributed by atoms with E-state index < -0.39 is 0 Å². The Morgan fingerprint density at radius 3 is 2.86 bits per heavy atom. The third-order valence-corrected chi connectivity index (χ3v) is 2.66. The third-order valence-electron chi connectivity index (χ3n) is 1.81. The molecule has 0 saturated carbocycles. The van der Waals surface area contributed by atoms with Gasteiger partial charge in [0.1, 0.15) is 5.82 Å². The summed E-state index contributed by atoms with van der Waals surface area (Å²) >= 11 is 1.33. The van der Waals surface area contributed by atoms with Crippen LogP contribution in [0.25, 0.3) is 0 Å². The lowest BCUT2D eigenvalue weighted by molar-refractivity contribution is 0.626. The zero-order valence-corrected chi connectivity index (χ0v) is 8.64. The number of nitrogens with two attached hydrogens (primary N) is 2. The van der Waals surface area contributed by atoms with E-state index in [0.717, 1.165) is 11.1 Å². The summed E-state index contributed by atoms with van der Waals surface area (Å²) in [4.78, 5) is 0. The molecule has 0 fully saturated rings. The largest absolute Gasteiger partial charge is 0.377 e. The predicted molar refractivity (Wildman–Crippen MR) is 58.2 cm³/mol. The zero-order chi connectivity index (χ0) is 10.6. The number of amidine groups is 1. The molecule has 14 heavy (non-hydrogen) atoms. The van der Waals surface area contributed by atoms with E-state index in [0.29, 0.717) is 10.9 Å². The van der Waals surface area contributed by atoms with Crippen LogP contribution in [0.15, 0.2) is 23.3 Å². The van der Waals surface area contributed by atoms with Gasteiger partial charge in [-0.05, 0) is 30.2 Å². The fourth-order valence-electron chi connectivity index (χ4n) is 1.01. The average molecular weight is 213 g/mol. The van der Waals surface area contributed by atoms with Crippen LogP contribution in [0.5, 0.6) is 0 Å². The van der Waals surface area contributed by atoms with Gasteiger partial charge in [-0.3, -0.25) is 0 Å². The van der Waals surface area contributed by atoms with Crippen LogP contribution in [0.3, 0.4) is 0 Å². The molecule has 0 aliphatic heterocycles. The first-order valence-corrected chi connectivity index (χ1v) is 5.03. The molecule has 0 aromatic heterocycles. The van der Waals surface area contributed by atoms with Crippen molar-refractivity contribution in [3.05, 3.63) is 35.1 Å². The van der Waals surface area contributed by atoms with Crippen molar-refractivity contribution in [2.75, 3.05) is 0 Å². The van der Waals surface area contributed by atoms with Crippen molar-refractivity contribution < 1.29 is 4.39 Å². The fraction of sp³-hybridized carbons (Fsp3) is 0.222. The highest BCUT2D eigenvalue weighted by Gasteiger charge is 2.01. The van der Waals surface area contributed by atoms with Gasteiger partial charge in [-0.1, -0.05) is 17.8 Å². The van der Waals surface area contributed by atoms with Crippen LogP contribution in [-0.4, -0.2) is 5.17 Å². The minimum absolute atomic E-state index is 0.225. The van der Waals surface area contributed by atoms with E-state index in [4.69, 9.17) is 11.6 Å². The molecule has 4 N–H and O–H groups in total. The van der Waals surface area contributed by atoms with Crippen molar-refractivity contribution in [3.63, 3.8) is 0 Å². The molecule has 5 heteroatoms. The maximum Gasteiger partial charge on any atom is 0.177 e. The predicted octanol–water partition coefficient (Wildman–Crippen LogP) is 1.56. The van der Waals surface area contributed by atoms with Crippen LogP contribution >= 0.6 is 11.8 Å². The molecular formula is C9H12FN3S. The summed E-state index contributed by atoms with van der Waals surface area (Å²) in [5.74, 6) is 5.41. The molecule has 0 aliphatic carbocycles. The van der Waals surface area contributed by atoms with Crippen molar-refractivity contribution in [1.82, 2.24) is 0 Å². The van der Waals surface area contributed by atoms with Crippen molar-refractivity contribution in [2.45, 2.75) is 12.7 Å². The molecule has 0 heterocycles. The van der Waals surface area contributed by atoms with Crippen LogP contribution in [0, 0.1) is 12.7 Å². The van der Waals surface area contributed by atoms with Gasteiger partial charge >= 0.3 is 0 Å². The number of hydrogen-bond acceptors (Lipinski definition) is 3. The maximum absolute atomic E-state index is 12.7. The van der Waals surface area contributed by atoms with Gasteiger partial charge in [0, 0.05) is 5.75 Å². The first kappa shape index (κ1) is 10.8. The molecular weight excluding hydrogens is 201 g/mol. The summed E-state index contributed by atoms with van der Waals surface area (Å²) in [7, 11) is 0. The highest BCUT2D eigenvalue weighted by atomic mass is 32.2. The van der Waals surface area contributed by atoms with Crippen molar-refractivity contribution in [2.24, 2.45) is 16.7 Å². The number of aryl methyl sites for hydroxylation is 1. The number of nitrogens with zero attached hydrogens (tertiary/aromatic N) is 1. The second kappa shape index (κ2) is 4.85. The van der Waals surface area contributed by atoms with E-state index in [1.165, 1.54) is 23.9 Å². The summed E-state index contributed by atoms with van der Waals surface area (Å²) in [5.41, 5.74) is 7.35. The number of hydrazone groups is 1. The Bertz CT molecular complexity index is 352. The highest BCUT2D eigenvalue weighted by Crippen LogP contribution is 2.16. The monoisotopic (exact) mass is 213 g/mol. The van der Waals surface area contributed by atoms with Crippen LogP contribution in [0.4, 0.5) is 4.39 Å². The van der Waals surface area contributed by atoms with Gasteiger partial charge in [0.15, 0.2) is 5.17 Å². The summed E-state index contributed by atoms with van der Waals surface area (Å²) in [6.45, 7) is 1.86. The first-order valence-electron chi connectivity index (χ1n) is 4.04. The molecule has 1 aromatic carbocycles. The molecule has 0 radical (unpaired) electrons. The summed E-state index contributed by atoms with van der Waals surface area (Å²) < 4.78 is 12.7. The Labute approximate surface area is 86.4 Å². The van der Waals surface area contributed by atoms with Crippen molar-refractivity contribution >= 4 is 16.9 Å². The SMILES string of the molecule is Cc1cc(F)ccc1CS/C(N)=N/N. The van der Waals surface area contributed by atoms with E-state index in [-0.39, 0.29) is 5.82 Å². The molecule has 1 aromatic rings. The lowest BCUT2D eigenvalue weighted by Gasteiger charge is -2.04. The van der Waals surface area contributed by atoms with E-state index in [1.807, 2.05) is 6.92 Å². The van der Waals surface area contributed by atoms with Crippen LogP contribution in [0.1, 0.15) is 11.1 Å². The lowest BCUT2D eigenvalue weighted by atomic mass is 10.1. The van der Waals surface area contributed by atoms with Gasteiger partial charge in [0.2, 0.25) is 0 Å². The Hall–Kier alpha value is -1.23. The highest BCUT2D eigenvalue weighted by molar-refractivity contribution is 8.13. The third kappa shape index (κ3) is 2.92. The Balaban J connectivity index is 2.68. The molecule has 1 rings (SSSR count). The topological polar surface area (TPSA) is 64.4 Å². The first-order chi connectivity index (χ1) is 6.63. The smallest absolute Gasteiger partial charge is 0.177 e. The normalized spacial score (nSPS) is 11.7. The Morgan fingerprint density at radius 2 is 2.29 bits per heavy atom. The zero-order valence-electron chi connectivity index (χ0n) is 7.83. The molecule has 0 bridgehead atoms. The standard InChI is InChI=1S/C9H12FN3S/c1-6-4-8(10)3-2-7(6)5-14-9(11)13-12/h2-4H,5,12H2,1H3,(H2,11,13). The number of benzene rings is 1. The van der Waals surface area contributed by atoms with Crippen LogP contribution in [0.2, 0.25) is 0 Å². The fourth-order valence-corrected chi connectivity index (χ4v) is 1.71. The number of thioether (sulfide) groups is 1. The molecule has 76 valence electrons. The van der Waals surface area contributed by atoms with Crippen molar-refractivity contribution in [3.8, 4) is 0 Å². The Morgan fingerprint density at radius 1 is 1.57 bits per heavy atom. The second-order valence-corrected chi connectivity index (χ2v) is 3.82. The summed E-state index contributed by atoms with van der Waals surface area (Å²) in [6, 6.07) is 4.66. The van der Waals surface area contributed by atoms with E-state index in [2.05, 4.69) is 5.10 Å². The van der Waals surface area contributed by atoms with Crippen LogP contribution in [-0.2, 0) is 5.75 Å².